The van der Waals surface area contributed by atoms with Crippen LogP contribution in [0, 0.1) is 5.41 Å². The van der Waals surface area contributed by atoms with Crippen LogP contribution in [-0.2, 0) is 16.1 Å². The lowest BCUT2D eigenvalue weighted by atomic mass is 9.68. The Labute approximate surface area is 152 Å². The zero-order chi connectivity index (χ0) is 18.1. The van der Waals surface area contributed by atoms with Crippen molar-refractivity contribution < 1.29 is 14.7 Å². The molecule has 2 atom stereocenters. The van der Waals surface area contributed by atoms with Gasteiger partial charge in [-0.25, -0.2) is 0 Å². The summed E-state index contributed by atoms with van der Waals surface area (Å²) in [6.07, 6.45) is 3.88. The Hall–Kier alpha value is -2.88. The van der Waals surface area contributed by atoms with Gasteiger partial charge in [0.15, 0.2) is 0 Å². The molecule has 4 heteroatoms. The highest BCUT2D eigenvalue weighted by molar-refractivity contribution is 6.05. The van der Waals surface area contributed by atoms with Crippen molar-refractivity contribution in [3.63, 3.8) is 0 Å². The lowest BCUT2D eigenvalue weighted by Gasteiger charge is -2.36. The lowest BCUT2D eigenvalue weighted by molar-refractivity contribution is -0.149. The van der Waals surface area contributed by atoms with E-state index in [9.17, 15) is 14.7 Å². The Morgan fingerprint density at radius 2 is 1.73 bits per heavy atom. The third kappa shape index (κ3) is 2.45. The van der Waals surface area contributed by atoms with Gasteiger partial charge in [0.1, 0.15) is 5.41 Å². The van der Waals surface area contributed by atoms with Crippen molar-refractivity contribution >= 4 is 11.9 Å². The summed E-state index contributed by atoms with van der Waals surface area (Å²) in [7, 11) is 0. The molecular weight excluding hydrogens is 326 g/mol. The smallest absolute Gasteiger partial charge is 0.316 e. The summed E-state index contributed by atoms with van der Waals surface area (Å²) < 4.78 is 0. The summed E-state index contributed by atoms with van der Waals surface area (Å²) in [5, 5.41) is 10.2. The molecule has 0 aromatic heterocycles. The summed E-state index contributed by atoms with van der Waals surface area (Å²) in [6.45, 7) is 0.408. The summed E-state index contributed by atoms with van der Waals surface area (Å²) >= 11 is 0. The van der Waals surface area contributed by atoms with Gasteiger partial charge in [-0.1, -0.05) is 66.7 Å². The summed E-state index contributed by atoms with van der Waals surface area (Å²) in [6, 6.07) is 18.8. The van der Waals surface area contributed by atoms with Gasteiger partial charge in [-0.15, -0.1) is 0 Å². The number of hydrogen-bond acceptors (Lipinski definition) is 2. The van der Waals surface area contributed by atoms with Gasteiger partial charge in [-0.2, -0.15) is 0 Å². The molecule has 2 aromatic rings. The molecular formula is C22H21NO3. The van der Waals surface area contributed by atoms with Gasteiger partial charge >= 0.3 is 5.97 Å². The molecule has 0 unspecified atom stereocenters. The van der Waals surface area contributed by atoms with Crippen LogP contribution in [0.5, 0.6) is 0 Å². The van der Waals surface area contributed by atoms with E-state index in [1.54, 1.807) is 4.90 Å². The Balaban J connectivity index is 1.87. The number of allylic oxidation sites excluding steroid dienone is 1. The highest BCUT2D eigenvalue weighted by Crippen LogP contribution is 2.56. The van der Waals surface area contributed by atoms with E-state index in [0.717, 1.165) is 24.0 Å². The second kappa shape index (κ2) is 6.45. The number of carboxylic acids is 1. The molecule has 1 fully saturated rings. The van der Waals surface area contributed by atoms with E-state index < -0.39 is 17.4 Å². The predicted octanol–water partition coefficient (Wildman–Crippen LogP) is 3.95. The molecule has 26 heavy (non-hydrogen) atoms. The van der Waals surface area contributed by atoms with Crippen LogP contribution in [0.1, 0.15) is 36.4 Å². The molecule has 1 aliphatic heterocycles. The maximum atomic E-state index is 13.2. The van der Waals surface area contributed by atoms with Crippen molar-refractivity contribution in [2.45, 2.75) is 31.8 Å². The zero-order valence-electron chi connectivity index (χ0n) is 14.5. The number of hydrogen-bond donors (Lipinski definition) is 1. The number of carboxylic acid groups (broad SMARTS) is 1. The molecule has 4 nitrogen and oxygen atoms in total. The molecule has 0 spiro atoms. The molecule has 4 rings (SSSR count). The van der Waals surface area contributed by atoms with Crippen LogP contribution in [0.2, 0.25) is 0 Å². The molecule has 2 aliphatic rings. The van der Waals surface area contributed by atoms with E-state index >= 15 is 0 Å². The van der Waals surface area contributed by atoms with Crippen molar-refractivity contribution in [2.75, 3.05) is 0 Å². The van der Waals surface area contributed by atoms with Crippen molar-refractivity contribution in [2.24, 2.45) is 5.41 Å². The Kier molecular flexibility index (Phi) is 4.11. The van der Waals surface area contributed by atoms with Crippen LogP contribution in [0.4, 0.5) is 0 Å². The number of likely N-dealkylation sites (tertiary alicyclic amines) is 1. The van der Waals surface area contributed by atoms with E-state index in [2.05, 4.69) is 0 Å². The minimum atomic E-state index is -1.16. The fraction of sp³-hybridized carbons (Fsp3) is 0.273. The number of nitrogens with zero attached hydrogens (tertiary/aromatic N) is 1. The monoisotopic (exact) mass is 347 g/mol. The summed E-state index contributed by atoms with van der Waals surface area (Å²) in [4.78, 5) is 27.4. The third-order valence-corrected chi connectivity index (χ3v) is 5.57. The number of amides is 1. The van der Waals surface area contributed by atoms with Crippen molar-refractivity contribution in [1.82, 2.24) is 4.90 Å². The van der Waals surface area contributed by atoms with Crippen molar-refractivity contribution in [3.05, 3.63) is 83.4 Å². The SMILES string of the molecule is O=C1C2=CCCC[C@@]2(C(=O)O)[C@H](c2ccccc2)N1Cc1ccccc1. The first-order valence-corrected chi connectivity index (χ1v) is 8.98. The van der Waals surface area contributed by atoms with Gasteiger partial charge < -0.3 is 10.0 Å². The maximum absolute atomic E-state index is 13.2. The molecule has 1 aliphatic carbocycles. The fourth-order valence-electron chi connectivity index (χ4n) is 4.43. The predicted molar refractivity (Wildman–Crippen MR) is 98.2 cm³/mol. The number of fused-ring (bicyclic) bond motifs is 1. The molecule has 0 saturated carbocycles. The molecule has 1 heterocycles. The summed E-state index contributed by atoms with van der Waals surface area (Å²) in [5.74, 6) is -1.05. The van der Waals surface area contributed by atoms with E-state index in [1.807, 2.05) is 66.7 Å². The van der Waals surface area contributed by atoms with E-state index in [4.69, 9.17) is 0 Å². The number of rotatable bonds is 4. The Morgan fingerprint density at radius 3 is 2.38 bits per heavy atom. The third-order valence-electron chi connectivity index (χ3n) is 5.57. The molecule has 1 N–H and O–H groups in total. The average molecular weight is 347 g/mol. The Bertz CT molecular complexity index is 859. The van der Waals surface area contributed by atoms with E-state index in [0.29, 0.717) is 18.5 Å². The number of benzene rings is 2. The van der Waals surface area contributed by atoms with Crippen LogP contribution in [0.3, 0.4) is 0 Å². The maximum Gasteiger partial charge on any atom is 0.316 e. The van der Waals surface area contributed by atoms with Crippen LogP contribution >= 0.6 is 0 Å². The molecule has 1 amide bonds. The first-order chi connectivity index (χ1) is 12.6. The largest absolute Gasteiger partial charge is 0.481 e. The zero-order valence-corrected chi connectivity index (χ0v) is 14.5. The molecule has 0 radical (unpaired) electrons. The first kappa shape index (κ1) is 16.6. The van der Waals surface area contributed by atoms with E-state index in [-0.39, 0.29) is 5.91 Å². The normalized spacial score (nSPS) is 24.9. The second-order valence-electron chi connectivity index (χ2n) is 7.02. The summed E-state index contributed by atoms with van der Waals surface area (Å²) in [5.41, 5.74) is 1.18. The topological polar surface area (TPSA) is 57.6 Å². The molecule has 1 saturated heterocycles. The van der Waals surface area contributed by atoms with Crippen molar-refractivity contribution in [3.8, 4) is 0 Å². The quantitative estimate of drug-likeness (QED) is 0.911. The average Bonchev–Trinajstić information content (AvgIpc) is 2.93. The second-order valence-corrected chi connectivity index (χ2v) is 7.02. The number of carbonyl (C=O) groups excluding carboxylic acids is 1. The van der Waals surface area contributed by atoms with Crippen LogP contribution in [0.15, 0.2) is 72.3 Å². The van der Waals surface area contributed by atoms with Gasteiger partial charge in [0.05, 0.1) is 6.04 Å². The molecule has 132 valence electrons. The minimum absolute atomic E-state index is 0.148. The number of aliphatic carboxylic acids is 1. The van der Waals surface area contributed by atoms with Gasteiger partial charge in [-0.05, 0) is 30.4 Å². The van der Waals surface area contributed by atoms with Crippen molar-refractivity contribution in [1.29, 1.82) is 0 Å². The fourth-order valence-corrected chi connectivity index (χ4v) is 4.43. The van der Waals surface area contributed by atoms with Crippen LogP contribution < -0.4 is 0 Å². The highest BCUT2D eigenvalue weighted by atomic mass is 16.4. The van der Waals surface area contributed by atoms with Crippen LogP contribution in [-0.4, -0.2) is 21.9 Å². The van der Waals surface area contributed by atoms with Gasteiger partial charge in [0.25, 0.3) is 5.91 Å². The lowest BCUT2D eigenvalue weighted by Crippen LogP contribution is -2.39. The van der Waals surface area contributed by atoms with Gasteiger partial charge in [0.2, 0.25) is 0 Å². The van der Waals surface area contributed by atoms with E-state index in [1.165, 1.54) is 0 Å². The first-order valence-electron chi connectivity index (χ1n) is 8.98. The standard InChI is InChI=1S/C22H21NO3/c24-20-18-13-7-8-14-22(18,21(25)26)19(17-11-5-2-6-12-17)23(20)15-16-9-3-1-4-10-16/h1-6,9-13,19H,7-8,14-15H2,(H,25,26)/t19-,22-/m0/s1. The Morgan fingerprint density at radius 1 is 1.08 bits per heavy atom. The molecule has 0 bridgehead atoms. The van der Waals surface area contributed by atoms with Gasteiger partial charge in [0, 0.05) is 12.1 Å². The van der Waals surface area contributed by atoms with Gasteiger partial charge in [-0.3, -0.25) is 9.59 Å². The minimum Gasteiger partial charge on any atom is -0.481 e. The van der Waals surface area contributed by atoms with Crippen LogP contribution in [0.25, 0.3) is 0 Å². The number of carbonyl (C=O) groups is 2. The highest BCUT2D eigenvalue weighted by Gasteiger charge is 2.61. The molecule has 2 aromatic carbocycles.